The lowest BCUT2D eigenvalue weighted by Gasteiger charge is -2.37. The molecule has 0 amide bonds. The van der Waals surface area contributed by atoms with Gasteiger partial charge < -0.3 is 14.0 Å². The molecule has 1 aromatic carbocycles. The van der Waals surface area contributed by atoms with Gasteiger partial charge in [-0.3, -0.25) is 4.90 Å². The predicted octanol–water partition coefficient (Wildman–Crippen LogP) is 2.03. The van der Waals surface area contributed by atoms with E-state index in [1.165, 1.54) is 10.7 Å². The molecule has 1 unspecified atom stereocenters. The van der Waals surface area contributed by atoms with Gasteiger partial charge in [0, 0.05) is 20.6 Å². The smallest absolute Gasteiger partial charge is 0.242 e. The largest absolute Gasteiger partial charge is 0.349 e. The van der Waals surface area contributed by atoms with E-state index in [1.807, 2.05) is 6.07 Å². The lowest BCUT2D eigenvalue weighted by atomic mass is 10.0. The maximum absolute atomic E-state index is 12.5. The number of benzene rings is 1. The number of nitrogens with zero attached hydrogens (tertiary/aromatic N) is 4. The number of hydrogen-bond donors (Lipinski definition) is 0. The van der Waals surface area contributed by atoms with E-state index in [-0.39, 0.29) is 17.2 Å². The summed E-state index contributed by atoms with van der Waals surface area (Å²) in [6, 6.07) is 5.44. The number of fused-ring (bicyclic) bond motifs is 1. The van der Waals surface area contributed by atoms with Gasteiger partial charge in [-0.2, -0.15) is 0 Å². The second-order valence-electron chi connectivity index (χ2n) is 7.85. The Morgan fingerprint density at radius 2 is 1.97 bits per heavy atom. The number of aryl methyl sites for hydroxylation is 1. The van der Waals surface area contributed by atoms with E-state index in [0.717, 1.165) is 37.3 Å². The molecule has 2 saturated heterocycles. The van der Waals surface area contributed by atoms with Crippen LogP contribution in [0.5, 0.6) is 0 Å². The van der Waals surface area contributed by atoms with Crippen LogP contribution in [-0.2, 0) is 32.6 Å². The van der Waals surface area contributed by atoms with Crippen LogP contribution in [0.4, 0.5) is 0 Å². The molecule has 0 saturated carbocycles. The fourth-order valence-electron chi connectivity index (χ4n) is 4.31. The van der Waals surface area contributed by atoms with Gasteiger partial charge >= 0.3 is 0 Å². The minimum Gasteiger partial charge on any atom is -0.349 e. The van der Waals surface area contributed by atoms with Crippen LogP contribution in [0.25, 0.3) is 11.0 Å². The standard InChI is InChI=1S/C20H30N4O4S/c1-4-24-17-9-8-15(29(25,26)22(2)3)13-16(17)21-19(24)14-23-10-6-5-7-18(23)20-27-11-12-28-20/h8-9,13,18,20H,4-7,10-12,14H2,1-3H3. The lowest BCUT2D eigenvalue weighted by Crippen LogP contribution is -2.47. The average Bonchev–Trinajstić information content (AvgIpc) is 3.35. The molecule has 160 valence electrons. The van der Waals surface area contributed by atoms with Crippen molar-refractivity contribution in [1.29, 1.82) is 0 Å². The molecule has 1 atom stereocenters. The van der Waals surface area contributed by atoms with Gasteiger partial charge in [-0.1, -0.05) is 6.42 Å². The molecule has 29 heavy (non-hydrogen) atoms. The van der Waals surface area contributed by atoms with Crippen LogP contribution in [0, 0.1) is 0 Å². The number of ether oxygens (including phenoxy) is 2. The van der Waals surface area contributed by atoms with Crippen molar-refractivity contribution in [2.45, 2.75) is 56.5 Å². The second kappa shape index (κ2) is 8.31. The maximum atomic E-state index is 12.5. The van der Waals surface area contributed by atoms with Gasteiger partial charge in [0.05, 0.1) is 41.7 Å². The van der Waals surface area contributed by atoms with E-state index in [9.17, 15) is 8.42 Å². The topological polar surface area (TPSA) is 76.9 Å². The monoisotopic (exact) mass is 422 g/mol. The van der Waals surface area contributed by atoms with Gasteiger partial charge in [-0.15, -0.1) is 0 Å². The SMILES string of the molecule is CCn1c(CN2CCCCC2C2OCCO2)nc2cc(S(=O)(=O)N(C)C)ccc21. The van der Waals surface area contributed by atoms with E-state index >= 15 is 0 Å². The Morgan fingerprint density at radius 3 is 2.66 bits per heavy atom. The maximum Gasteiger partial charge on any atom is 0.242 e. The number of imidazole rings is 1. The molecule has 0 N–H and O–H groups in total. The molecule has 0 bridgehead atoms. The predicted molar refractivity (Wildman–Crippen MR) is 110 cm³/mol. The van der Waals surface area contributed by atoms with Crippen LogP contribution >= 0.6 is 0 Å². The Bertz CT molecular complexity index is 966. The summed E-state index contributed by atoms with van der Waals surface area (Å²) in [4.78, 5) is 7.51. The van der Waals surface area contributed by atoms with Crippen molar-refractivity contribution in [3.63, 3.8) is 0 Å². The number of hydrogen-bond acceptors (Lipinski definition) is 6. The average molecular weight is 423 g/mol. The summed E-state index contributed by atoms with van der Waals surface area (Å²) in [5, 5.41) is 0. The highest BCUT2D eigenvalue weighted by Crippen LogP contribution is 2.28. The summed E-state index contributed by atoms with van der Waals surface area (Å²) in [5.41, 5.74) is 1.67. The third-order valence-electron chi connectivity index (χ3n) is 5.86. The Balaban J connectivity index is 1.66. The number of aromatic nitrogens is 2. The first-order valence-electron chi connectivity index (χ1n) is 10.3. The molecule has 1 aromatic heterocycles. The van der Waals surface area contributed by atoms with Crippen molar-refractivity contribution in [2.24, 2.45) is 0 Å². The molecular formula is C20H30N4O4S. The molecule has 0 spiro atoms. The quantitative estimate of drug-likeness (QED) is 0.709. The summed E-state index contributed by atoms with van der Waals surface area (Å²) in [5.74, 6) is 0.951. The Kier molecular flexibility index (Phi) is 5.94. The summed E-state index contributed by atoms with van der Waals surface area (Å²) >= 11 is 0. The van der Waals surface area contributed by atoms with Crippen molar-refractivity contribution < 1.29 is 17.9 Å². The zero-order valence-corrected chi connectivity index (χ0v) is 18.2. The van der Waals surface area contributed by atoms with Crippen molar-refractivity contribution >= 4 is 21.1 Å². The zero-order valence-electron chi connectivity index (χ0n) is 17.4. The first-order chi connectivity index (χ1) is 13.9. The number of piperidine rings is 1. The first kappa shape index (κ1) is 20.7. The molecule has 2 aromatic rings. The van der Waals surface area contributed by atoms with E-state index in [1.54, 1.807) is 26.2 Å². The van der Waals surface area contributed by atoms with Gasteiger partial charge in [-0.25, -0.2) is 17.7 Å². The first-order valence-corrected chi connectivity index (χ1v) is 11.7. The van der Waals surface area contributed by atoms with Gasteiger partial charge in [0.15, 0.2) is 6.29 Å². The summed E-state index contributed by atoms with van der Waals surface area (Å²) in [6.45, 7) is 5.87. The van der Waals surface area contributed by atoms with Crippen molar-refractivity contribution in [1.82, 2.24) is 18.8 Å². The van der Waals surface area contributed by atoms with E-state index < -0.39 is 10.0 Å². The molecule has 3 heterocycles. The highest BCUT2D eigenvalue weighted by Gasteiger charge is 2.34. The van der Waals surface area contributed by atoms with E-state index in [4.69, 9.17) is 14.5 Å². The zero-order chi connectivity index (χ0) is 20.6. The molecule has 2 aliphatic rings. The lowest BCUT2D eigenvalue weighted by molar-refractivity contribution is -0.111. The fraction of sp³-hybridized carbons (Fsp3) is 0.650. The molecule has 8 nitrogen and oxygen atoms in total. The van der Waals surface area contributed by atoms with Gasteiger partial charge in [0.1, 0.15) is 5.82 Å². The molecule has 0 aliphatic carbocycles. The Morgan fingerprint density at radius 1 is 1.21 bits per heavy atom. The van der Waals surface area contributed by atoms with Crippen LogP contribution in [0.15, 0.2) is 23.1 Å². The van der Waals surface area contributed by atoms with Gasteiger partial charge in [0.25, 0.3) is 0 Å². The van der Waals surface area contributed by atoms with Crippen molar-refractivity contribution in [2.75, 3.05) is 33.9 Å². The Labute approximate surface area is 172 Å². The molecule has 4 rings (SSSR count). The third kappa shape index (κ3) is 3.94. The number of likely N-dealkylation sites (tertiary alicyclic amines) is 1. The van der Waals surface area contributed by atoms with E-state index in [2.05, 4.69) is 16.4 Å². The summed E-state index contributed by atoms with van der Waals surface area (Å²) < 4.78 is 40.0. The van der Waals surface area contributed by atoms with Crippen molar-refractivity contribution in [3.8, 4) is 0 Å². The fourth-order valence-corrected chi connectivity index (χ4v) is 5.23. The second-order valence-corrected chi connectivity index (χ2v) is 10.0. The Hall–Kier alpha value is -1.52. The van der Waals surface area contributed by atoms with Crippen LogP contribution in [0.1, 0.15) is 32.0 Å². The van der Waals surface area contributed by atoms with Crippen molar-refractivity contribution in [3.05, 3.63) is 24.0 Å². The van der Waals surface area contributed by atoms with Gasteiger partial charge in [-0.05, 0) is 44.5 Å². The molecule has 9 heteroatoms. The summed E-state index contributed by atoms with van der Waals surface area (Å²) in [6.07, 6.45) is 3.23. The molecule has 2 aliphatic heterocycles. The minimum absolute atomic E-state index is 0.161. The number of sulfonamides is 1. The van der Waals surface area contributed by atoms with Crippen LogP contribution in [-0.4, -0.2) is 73.4 Å². The molecule has 0 radical (unpaired) electrons. The van der Waals surface area contributed by atoms with Crippen LogP contribution in [0.3, 0.4) is 0 Å². The third-order valence-corrected chi connectivity index (χ3v) is 7.68. The van der Waals surface area contributed by atoms with E-state index in [0.29, 0.717) is 25.3 Å². The minimum atomic E-state index is -3.49. The van der Waals surface area contributed by atoms with Crippen LogP contribution < -0.4 is 0 Å². The summed E-state index contributed by atoms with van der Waals surface area (Å²) in [7, 11) is -0.403. The van der Waals surface area contributed by atoms with Crippen LogP contribution in [0.2, 0.25) is 0 Å². The normalized spacial score (nSPS) is 22.1. The molecule has 2 fully saturated rings. The molecular weight excluding hydrogens is 392 g/mol. The highest BCUT2D eigenvalue weighted by atomic mass is 32.2. The highest BCUT2D eigenvalue weighted by molar-refractivity contribution is 7.89. The van der Waals surface area contributed by atoms with Gasteiger partial charge in [0.2, 0.25) is 10.0 Å². The number of rotatable bonds is 6.